The lowest BCUT2D eigenvalue weighted by Crippen LogP contribution is -2.49. The van der Waals surface area contributed by atoms with E-state index in [1.807, 2.05) is 4.90 Å². The molecule has 0 radical (unpaired) electrons. The number of aromatic nitrogens is 4. The van der Waals surface area contributed by atoms with Gasteiger partial charge in [0.15, 0.2) is 5.82 Å². The van der Waals surface area contributed by atoms with Gasteiger partial charge in [-0.3, -0.25) is 4.98 Å². The van der Waals surface area contributed by atoms with Crippen LogP contribution in [0.15, 0.2) is 40.2 Å². The van der Waals surface area contributed by atoms with Gasteiger partial charge in [0, 0.05) is 38.6 Å². The molecule has 1 saturated heterocycles. The van der Waals surface area contributed by atoms with E-state index in [2.05, 4.69) is 15.1 Å². The van der Waals surface area contributed by atoms with E-state index in [1.54, 1.807) is 42.5 Å². The number of furan rings is 1. The van der Waals surface area contributed by atoms with Crippen molar-refractivity contribution in [2.75, 3.05) is 38.2 Å². The van der Waals surface area contributed by atoms with E-state index in [-0.39, 0.29) is 35.1 Å². The van der Waals surface area contributed by atoms with Gasteiger partial charge in [-0.1, -0.05) is 0 Å². The van der Waals surface area contributed by atoms with Crippen molar-refractivity contribution in [2.24, 2.45) is 0 Å². The summed E-state index contributed by atoms with van der Waals surface area (Å²) in [5.74, 6) is 0.850. The number of esters is 1. The predicted octanol–water partition coefficient (Wildman–Crippen LogP) is 1.17. The minimum absolute atomic E-state index is 0.0554. The Hall–Kier alpha value is -3.25. The quantitative estimate of drug-likeness (QED) is 0.531. The Balaban J connectivity index is 1.55. The van der Waals surface area contributed by atoms with Crippen LogP contribution in [0, 0.1) is 13.8 Å². The van der Waals surface area contributed by atoms with Crippen LogP contribution in [0.25, 0.3) is 5.82 Å². The maximum absolute atomic E-state index is 13.3. The second kappa shape index (κ2) is 8.12. The number of sulfonamides is 1. The van der Waals surface area contributed by atoms with Gasteiger partial charge in [-0.15, -0.1) is 0 Å². The molecule has 0 saturated carbocycles. The number of anilines is 1. The van der Waals surface area contributed by atoms with Crippen molar-refractivity contribution < 1.29 is 22.4 Å². The van der Waals surface area contributed by atoms with Crippen molar-refractivity contribution in [2.45, 2.75) is 18.7 Å². The van der Waals surface area contributed by atoms with Crippen molar-refractivity contribution in [3.8, 4) is 5.82 Å². The van der Waals surface area contributed by atoms with Gasteiger partial charge in [-0.05, 0) is 19.9 Å². The van der Waals surface area contributed by atoms with Crippen LogP contribution in [0.1, 0.15) is 21.9 Å². The molecule has 0 N–H and O–H groups in total. The van der Waals surface area contributed by atoms with Gasteiger partial charge in [0.05, 0.1) is 19.5 Å². The Bertz CT molecular complexity index is 1200. The molecule has 12 heteroatoms. The number of carbonyl (C=O) groups excluding carboxylic acids is 1. The van der Waals surface area contributed by atoms with E-state index in [4.69, 9.17) is 9.15 Å². The zero-order chi connectivity index (χ0) is 22.2. The highest BCUT2D eigenvalue weighted by molar-refractivity contribution is 7.89. The zero-order valence-corrected chi connectivity index (χ0v) is 18.2. The first-order valence-corrected chi connectivity index (χ1v) is 11.0. The van der Waals surface area contributed by atoms with Crippen LogP contribution < -0.4 is 4.90 Å². The average molecular weight is 446 g/mol. The van der Waals surface area contributed by atoms with Gasteiger partial charge >= 0.3 is 5.97 Å². The molecule has 0 unspecified atom stereocenters. The standard InChI is InChI=1S/C19H22N6O5S/c1-13-17(19(26)29-3)18(14(2)30-13)31(27,28)24-9-7-23(8-10-24)15-11-20-12-16(22-15)25-6-4-5-21-25/h4-6,11-12H,7-10H2,1-3H3. The summed E-state index contributed by atoms with van der Waals surface area (Å²) in [6.07, 6.45) is 6.66. The Kier molecular flexibility index (Phi) is 5.50. The van der Waals surface area contributed by atoms with Gasteiger partial charge in [0.2, 0.25) is 10.0 Å². The third-order valence-electron chi connectivity index (χ3n) is 5.10. The van der Waals surface area contributed by atoms with Crippen molar-refractivity contribution in [3.63, 3.8) is 0 Å². The summed E-state index contributed by atoms with van der Waals surface area (Å²) in [5.41, 5.74) is -0.0554. The van der Waals surface area contributed by atoms with Crippen LogP contribution in [0.5, 0.6) is 0 Å². The van der Waals surface area contributed by atoms with Gasteiger partial charge in [0.25, 0.3) is 0 Å². The van der Waals surface area contributed by atoms with Crippen LogP contribution in [-0.4, -0.2) is 71.7 Å². The lowest BCUT2D eigenvalue weighted by atomic mass is 10.2. The maximum atomic E-state index is 13.3. The highest BCUT2D eigenvalue weighted by Crippen LogP contribution is 2.30. The topological polar surface area (TPSA) is 124 Å². The number of methoxy groups -OCH3 is 1. The predicted molar refractivity (Wildman–Crippen MR) is 110 cm³/mol. The summed E-state index contributed by atoms with van der Waals surface area (Å²) < 4.78 is 39.8. The molecule has 4 rings (SSSR count). The second-order valence-corrected chi connectivity index (χ2v) is 8.86. The van der Waals surface area contributed by atoms with E-state index < -0.39 is 16.0 Å². The zero-order valence-electron chi connectivity index (χ0n) is 17.3. The summed E-state index contributed by atoms with van der Waals surface area (Å²) in [7, 11) is -2.74. The molecule has 0 bridgehead atoms. The molecule has 164 valence electrons. The van der Waals surface area contributed by atoms with Crippen molar-refractivity contribution in [1.29, 1.82) is 0 Å². The monoisotopic (exact) mass is 446 g/mol. The van der Waals surface area contributed by atoms with E-state index in [9.17, 15) is 13.2 Å². The average Bonchev–Trinajstić information content (AvgIpc) is 3.41. The molecule has 0 atom stereocenters. The van der Waals surface area contributed by atoms with E-state index in [1.165, 1.54) is 18.3 Å². The molecule has 31 heavy (non-hydrogen) atoms. The number of rotatable bonds is 5. The molecular weight excluding hydrogens is 424 g/mol. The first kappa shape index (κ1) is 21.0. The van der Waals surface area contributed by atoms with Crippen molar-refractivity contribution in [1.82, 2.24) is 24.1 Å². The van der Waals surface area contributed by atoms with Crippen LogP contribution in [0.4, 0.5) is 5.82 Å². The Labute approximate surface area is 179 Å². The van der Waals surface area contributed by atoms with Crippen molar-refractivity contribution >= 4 is 21.8 Å². The maximum Gasteiger partial charge on any atom is 0.342 e. The first-order chi connectivity index (χ1) is 14.8. The molecule has 4 heterocycles. The molecule has 1 aliphatic rings. The molecule has 0 amide bonds. The smallest absolute Gasteiger partial charge is 0.342 e. The van der Waals surface area contributed by atoms with E-state index in [0.29, 0.717) is 24.7 Å². The molecular formula is C19H22N6O5S. The highest BCUT2D eigenvalue weighted by atomic mass is 32.2. The lowest BCUT2D eigenvalue weighted by Gasteiger charge is -2.34. The Morgan fingerprint density at radius 3 is 2.45 bits per heavy atom. The lowest BCUT2D eigenvalue weighted by molar-refractivity contribution is 0.0594. The largest absolute Gasteiger partial charge is 0.465 e. The molecule has 1 fully saturated rings. The molecule has 1 aliphatic heterocycles. The number of piperazine rings is 1. The molecule has 0 aliphatic carbocycles. The summed E-state index contributed by atoms with van der Waals surface area (Å²) in [4.78, 5) is 22.8. The summed E-state index contributed by atoms with van der Waals surface area (Å²) in [6, 6.07) is 1.79. The number of carbonyl (C=O) groups is 1. The summed E-state index contributed by atoms with van der Waals surface area (Å²) >= 11 is 0. The van der Waals surface area contributed by atoms with Crippen LogP contribution in [0.2, 0.25) is 0 Å². The van der Waals surface area contributed by atoms with Crippen molar-refractivity contribution in [3.05, 3.63) is 47.9 Å². The number of ether oxygens (including phenoxy) is 1. The van der Waals surface area contributed by atoms with Gasteiger partial charge in [-0.2, -0.15) is 9.40 Å². The Morgan fingerprint density at radius 1 is 1.10 bits per heavy atom. The van der Waals surface area contributed by atoms with Gasteiger partial charge in [0.1, 0.15) is 27.8 Å². The highest BCUT2D eigenvalue weighted by Gasteiger charge is 2.37. The van der Waals surface area contributed by atoms with Crippen LogP contribution in [0.3, 0.4) is 0 Å². The van der Waals surface area contributed by atoms with E-state index in [0.717, 1.165) is 0 Å². The molecule has 3 aromatic rings. The van der Waals surface area contributed by atoms with E-state index >= 15 is 0 Å². The molecule has 3 aromatic heterocycles. The number of hydrogen-bond acceptors (Lipinski definition) is 9. The minimum Gasteiger partial charge on any atom is -0.465 e. The third-order valence-corrected chi connectivity index (χ3v) is 7.16. The third kappa shape index (κ3) is 3.79. The fourth-order valence-electron chi connectivity index (χ4n) is 3.61. The normalized spacial score (nSPS) is 15.3. The number of hydrogen-bond donors (Lipinski definition) is 0. The first-order valence-electron chi connectivity index (χ1n) is 9.58. The number of aryl methyl sites for hydroxylation is 2. The van der Waals surface area contributed by atoms with Gasteiger partial charge in [-0.25, -0.2) is 22.9 Å². The fourth-order valence-corrected chi connectivity index (χ4v) is 5.40. The van der Waals surface area contributed by atoms with Crippen LogP contribution in [-0.2, 0) is 14.8 Å². The second-order valence-electron chi connectivity index (χ2n) is 6.99. The fraction of sp³-hybridized carbons (Fsp3) is 0.368. The Morgan fingerprint density at radius 2 is 1.81 bits per heavy atom. The number of nitrogens with zero attached hydrogens (tertiary/aromatic N) is 6. The molecule has 0 spiro atoms. The summed E-state index contributed by atoms with van der Waals surface area (Å²) in [5, 5.41) is 4.15. The summed E-state index contributed by atoms with van der Waals surface area (Å²) in [6.45, 7) is 4.35. The SMILES string of the molecule is COC(=O)c1c(C)oc(C)c1S(=O)(=O)N1CCN(c2cncc(-n3cccn3)n2)CC1. The molecule has 11 nitrogen and oxygen atoms in total. The molecule has 0 aromatic carbocycles. The van der Waals surface area contributed by atoms with Crippen LogP contribution >= 0.6 is 0 Å². The van der Waals surface area contributed by atoms with Gasteiger partial charge < -0.3 is 14.1 Å². The minimum atomic E-state index is -3.94.